The number of benzene rings is 2. The van der Waals surface area contributed by atoms with Gasteiger partial charge >= 0.3 is 0 Å². The predicted octanol–water partition coefficient (Wildman–Crippen LogP) is 4.60. The molecule has 3 aromatic rings. The number of hydrogen-bond donors (Lipinski definition) is 2. The summed E-state index contributed by atoms with van der Waals surface area (Å²) in [6.07, 6.45) is 0. The van der Waals surface area contributed by atoms with E-state index in [4.69, 9.17) is 25.6 Å². The van der Waals surface area contributed by atoms with Gasteiger partial charge in [0.2, 0.25) is 11.7 Å². The smallest absolute Gasteiger partial charge is 0.246 e. The fourth-order valence-corrected chi connectivity index (χ4v) is 2.67. The number of methoxy groups -OCH3 is 1. The Morgan fingerprint density at radius 3 is 2.60 bits per heavy atom. The molecule has 1 heterocycles. The van der Waals surface area contributed by atoms with Crippen molar-refractivity contribution in [3.63, 3.8) is 0 Å². The molecule has 0 saturated carbocycles. The minimum atomic E-state index is 0. The van der Waals surface area contributed by atoms with E-state index >= 15 is 0 Å². The topological polar surface area (TPSA) is 93.8 Å². The van der Waals surface area contributed by atoms with Crippen LogP contribution in [0.4, 0.5) is 5.69 Å². The number of guanidine groups is 1. The van der Waals surface area contributed by atoms with Crippen molar-refractivity contribution in [2.24, 2.45) is 4.99 Å². The second kappa shape index (κ2) is 11.6. The summed E-state index contributed by atoms with van der Waals surface area (Å²) in [6, 6.07) is 12.8. The summed E-state index contributed by atoms with van der Waals surface area (Å²) in [5.41, 5.74) is 1.63. The van der Waals surface area contributed by atoms with Gasteiger partial charge in [0, 0.05) is 29.4 Å². The molecular formula is C20H23ClIN5O3. The fraction of sp³-hybridized carbons (Fsp3) is 0.250. The summed E-state index contributed by atoms with van der Waals surface area (Å²) in [4.78, 5) is 8.59. The molecule has 8 nitrogen and oxygen atoms in total. The van der Waals surface area contributed by atoms with Gasteiger partial charge in [-0.15, -0.1) is 24.0 Å². The first-order chi connectivity index (χ1) is 14.1. The lowest BCUT2D eigenvalue weighted by atomic mass is 10.2. The number of halogens is 2. The summed E-state index contributed by atoms with van der Waals surface area (Å²) >= 11 is 5.91. The van der Waals surface area contributed by atoms with E-state index in [-0.39, 0.29) is 24.0 Å². The van der Waals surface area contributed by atoms with Crippen molar-refractivity contribution < 1.29 is 14.0 Å². The van der Waals surface area contributed by atoms with Crippen LogP contribution < -0.4 is 20.1 Å². The maximum absolute atomic E-state index is 5.91. The number of nitrogens with one attached hydrogen (secondary N) is 2. The lowest BCUT2D eigenvalue weighted by molar-refractivity contribution is 0.311. The molecule has 30 heavy (non-hydrogen) atoms. The zero-order valence-electron chi connectivity index (χ0n) is 16.8. The molecule has 0 fully saturated rings. The van der Waals surface area contributed by atoms with E-state index in [1.165, 1.54) is 0 Å². The van der Waals surface area contributed by atoms with Gasteiger partial charge in [0.15, 0.2) is 17.5 Å². The van der Waals surface area contributed by atoms with Gasteiger partial charge in [0.05, 0.1) is 20.3 Å². The van der Waals surface area contributed by atoms with Gasteiger partial charge in [0.25, 0.3) is 0 Å². The van der Waals surface area contributed by atoms with Gasteiger partial charge in [-0.3, -0.25) is 4.99 Å². The molecule has 2 N–H and O–H groups in total. The Morgan fingerprint density at radius 1 is 1.17 bits per heavy atom. The van der Waals surface area contributed by atoms with Crippen LogP contribution in [0.5, 0.6) is 11.5 Å². The van der Waals surface area contributed by atoms with Gasteiger partial charge in [-0.2, -0.15) is 4.98 Å². The van der Waals surface area contributed by atoms with Crippen molar-refractivity contribution in [1.29, 1.82) is 0 Å². The molecule has 3 rings (SSSR count). The average molecular weight is 544 g/mol. The zero-order valence-corrected chi connectivity index (χ0v) is 19.9. The predicted molar refractivity (Wildman–Crippen MR) is 128 cm³/mol. The van der Waals surface area contributed by atoms with Gasteiger partial charge in [-0.05, 0) is 43.3 Å². The standard InChI is InChI=1S/C20H22ClN5O3.HI/c1-4-28-17-11-15(9-10-16(17)27-3)24-20(22-2)23-12-18-25-19(26-29-18)13-5-7-14(21)8-6-13;/h5-11H,4,12H2,1-3H3,(H2,22,23,24);1H. The summed E-state index contributed by atoms with van der Waals surface area (Å²) < 4.78 is 16.2. The molecule has 0 bridgehead atoms. The molecule has 10 heteroatoms. The van der Waals surface area contributed by atoms with E-state index < -0.39 is 0 Å². The summed E-state index contributed by atoms with van der Waals surface area (Å²) in [5, 5.41) is 11.0. The van der Waals surface area contributed by atoms with Crippen molar-refractivity contribution in [1.82, 2.24) is 15.5 Å². The largest absolute Gasteiger partial charge is 0.493 e. The molecule has 0 aliphatic rings. The Kier molecular flexibility index (Phi) is 9.18. The Labute approximate surface area is 197 Å². The van der Waals surface area contributed by atoms with Crippen LogP contribution in [-0.4, -0.2) is 36.9 Å². The average Bonchev–Trinajstić information content (AvgIpc) is 3.21. The normalized spacial score (nSPS) is 10.9. The van der Waals surface area contributed by atoms with Crippen LogP contribution in [0.15, 0.2) is 52.0 Å². The monoisotopic (exact) mass is 543 g/mol. The van der Waals surface area contributed by atoms with Crippen LogP contribution in [0, 0.1) is 0 Å². The van der Waals surface area contributed by atoms with E-state index in [1.54, 1.807) is 26.3 Å². The third-order valence-electron chi connectivity index (χ3n) is 3.93. The lowest BCUT2D eigenvalue weighted by Gasteiger charge is -2.14. The van der Waals surface area contributed by atoms with E-state index in [9.17, 15) is 0 Å². The minimum Gasteiger partial charge on any atom is -0.493 e. The third-order valence-corrected chi connectivity index (χ3v) is 4.18. The Bertz CT molecular complexity index is 979. The maximum atomic E-state index is 5.91. The number of anilines is 1. The summed E-state index contributed by atoms with van der Waals surface area (Å²) in [6.45, 7) is 2.78. The molecule has 1 aromatic heterocycles. The van der Waals surface area contributed by atoms with E-state index in [0.717, 1.165) is 11.3 Å². The first kappa shape index (κ1) is 23.7. The molecule has 0 amide bonds. The molecular weight excluding hydrogens is 521 g/mol. The molecule has 0 saturated heterocycles. The zero-order chi connectivity index (χ0) is 20.6. The van der Waals surface area contributed by atoms with Crippen molar-refractivity contribution in [3.8, 4) is 22.9 Å². The van der Waals surface area contributed by atoms with E-state index in [2.05, 4.69) is 25.8 Å². The molecule has 0 aliphatic carbocycles. The number of aliphatic imine (C=N–C) groups is 1. The SMILES string of the molecule is CCOc1cc(NC(=NC)NCc2nc(-c3ccc(Cl)cc3)no2)ccc1OC.I. The quantitative estimate of drug-likeness (QED) is 0.255. The van der Waals surface area contributed by atoms with Gasteiger partial charge in [-0.25, -0.2) is 0 Å². The second-order valence-corrected chi connectivity index (χ2v) is 6.30. The third kappa shape index (κ3) is 6.23. The van der Waals surface area contributed by atoms with Crippen molar-refractivity contribution in [2.45, 2.75) is 13.5 Å². The van der Waals surface area contributed by atoms with Crippen LogP contribution in [0.1, 0.15) is 12.8 Å². The molecule has 0 aliphatic heterocycles. The van der Waals surface area contributed by atoms with Gasteiger partial charge < -0.3 is 24.6 Å². The molecule has 0 unspecified atom stereocenters. The van der Waals surface area contributed by atoms with Crippen LogP contribution in [0.25, 0.3) is 11.4 Å². The van der Waals surface area contributed by atoms with Crippen LogP contribution >= 0.6 is 35.6 Å². The highest BCUT2D eigenvalue weighted by molar-refractivity contribution is 14.0. The summed E-state index contributed by atoms with van der Waals surface area (Å²) in [7, 11) is 3.28. The first-order valence-electron chi connectivity index (χ1n) is 9.00. The van der Waals surface area contributed by atoms with E-state index in [0.29, 0.717) is 47.3 Å². The highest BCUT2D eigenvalue weighted by Gasteiger charge is 2.10. The van der Waals surface area contributed by atoms with Crippen LogP contribution in [0.3, 0.4) is 0 Å². The molecule has 0 spiro atoms. The van der Waals surface area contributed by atoms with Crippen molar-refractivity contribution in [3.05, 3.63) is 53.4 Å². The van der Waals surface area contributed by atoms with Crippen LogP contribution in [-0.2, 0) is 6.54 Å². The first-order valence-corrected chi connectivity index (χ1v) is 9.37. The summed E-state index contributed by atoms with van der Waals surface area (Å²) in [5.74, 6) is 2.80. The second-order valence-electron chi connectivity index (χ2n) is 5.87. The Balaban J connectivity index is 0.00000320. The number of hydrogen-bond acceptors (Lipinski definition) is 6. The van der Waals surface area contributed by atoms with Gasteiger partial charge in [0.1, 0.15) is 0 Å². The molecule has 0 radical (unpaired) electrons. The number of aromatic nitrogens is 2. The van der Waals surface area contributed by atoms with Crippen molar-refractivity contribution >= 4 is 47.2 Å². The minimum absolute atomic E-state index is 0. The number of rotatable bonds is 7. The fourth-order valence-electron chi connectivity index (χ4n) is 2.54. The lowest BCUT2D eigenvalue weighted by Crippen LogP contribution is -2.30. The number of ether oxygens (including phenoxy) is 2. The highest BCUT2D eigenvalue weighted by Crippen LogP contribution is 2.30. The van der Waals surface area contributed by atoms with E-state index in [1.807, 2.05) is 37.3 Å². The number of nitrogens with zero attached hydrogens (tertiary/aromatic N) is 3. The van der Waals surface area contributed by atoms with Crippen molar-refractivity contribution in [2.75, 3.05) is 26.1 Å². The highest BCUT2D eigenvalue weighted by atomic mass is 127. The Morgan fingerprint density at radius 2 is 1.93 bits per heavy atom. The van der Waals surface area contributed by atoms with Crippen LogP contribution in [0.2, 0.25) is 5.02 Å². The molecule has 160 valence electrons. The molecule has 0 atom stereocenters. The van der Waals surface area contributed by atoms with Gasteiger partial charge in [-0.1, -0.05) is 16.8 Å². The molecule has 2 aromatic carbocycles. The Hall–Kier alpha value is -2.53. The maximum Gasteiger partial charge on any atom is 0.246 e.